The second-order valence-corrected chi connectivity index (χ2v) is 7.29. The SMILES string of the molecule is CCC(C)CN(CC)S(=O)(=O)c1c(C)ccc(C)c1N. The first-order valence-corrected chi connectivity index (χ1v) is 8.55. The van der Waals surface area contributed by atoms with E-state index >= 15 is 0 Å². The highest BCUT2D eigenvalue weighted by molar-refractivity contribution is 7.89. The monoisotopic (exact) mass is 298 g/mol. The van der Waals surface area contributed by atoms with Gasteiger partial charge in [-0.2, -0.15) is 4.31 Å². The van der Waals surface area contributed by atoms with E-state index in [2.05, 4.69) is 13.8 Å². The average Bonchev–Trinajstić information content (AvgIpc) is 2.39. The second kappa shape index (κ2) is 6.59. The minimum atomic E-state index is -3.53. The molecule has 20 heavy (non-hydrogen) atoms. The maximum atomic E-state index is 12.9. The van der Waals surface area contributed by atoms with Crippen LogP contribution in [-0.4, -0.2) is 25.8 Å². The molecule has 1 atom stereocenters. The molecule has 4 nitrogen and oxygen atoms in total. The Labute approximate surface area is 123 Å². The van der Waals surface area contributed by atoms with Gasteiger partial charge in [-0.3, -0.25) is 0 Å². The molecule has 5 heteroatoms. The van der Waals surface area contributed by atoms with Gasteiger partial charge >= 0.3 is 0 Å². The quantitative estimate of drug-likeness (QED) is 0.821. The number of aryl methyl sites for hydroxylation is 2. The molecule has 0 saturated carbocycles. The Morgan fingerprint density at radius 3 is 2.25 bits per heavy atom. The van der Waals surface area contributed by atoms with Crippen molar-refractivity contribution < 1.29 is 8.42 Å². The lowest BCUT2D eigenvalue weighted by Gasteiger charge is -2.25. The number of nitrogens with zero attached hydrogens (tertiary/aromatic N) is 1. The molecule has 1 rings (SSSR count). The first-order valence-electron chi connectivity index (χ1n) is 7.11. The highest BCUT2D eigenvalue weighted by Crippen LogP contribution is 2.29. The van der Waals surface area contributed by atoms with Gasteiger partial charge in [0, 0.05) is 13.1 Å². The Hall–Kier alpha value is -1.07. The maximum Gasteiger partial charge on any atom is 0.245 e. The summed E-state index contributed by atoms with van der Waals surface area (Å²) in [4.78, 5) is 0.266. The van der Waals surface area contributed by atoms with Crippen molar-refractivity contribution in [2.45, 2.75) is 45.9 Å². The third-order valence-electron chi connectivity index (χ3n) is 3.77. The predicted molar refractivity (Wildman–Crippen MR) is 84.2 cm³/mol. The molecule has 0 heterocycles. The zero-order chi connectivity index (χ0) is 15.5. The van der Waals surface area contributed by atoms with Gasteiger partial charge in [0.2, 0.25) is 10.0 Å². The number of sulfonamides is 1. The first kappa shape index (κ1) is 17.0. The number of nitrogen functional groups attached to an aromatic ring is 1. The average molecular weight is 298 g/mol. The highest BCUT2D eigenvalue weighted by atomic mass is 32.2. The molecule has 0 saturated heterocycles. The largest absolute Gasteiger partial charge is 0.397 e. The lowest BCUT2D eigenvalue weighted by molar-refractivity contribution is 0.361. The summed E-state index contributed by atoms with van der Waals surface area (Å²) in [6.07, 6.45) is 0.953. The lowest BCUT2D eigenvalue weighted by atomic mass is 10.1. The van der Waals surface area contributed by atoms with Crippen LogP contribution in [-0.2, 0) is 10.0 Å². The predicted octanol–water partition coefficient (Wildman–Crippen LogP) is 2.94. The molecule has 0 aliphatic carbocycles. The summed E-state index contributed by atoms with van der Waals surface area (Å²) in [5.41, 5.74) is 7.89. The summed E-state index contributed by atoms with van der Waals surface area (Å²) in [7, 11) is -3.53. The van der Waals surface area contributed by atoms with Gasteiger partial charge in [-0.25, -0.2) is 8.42 Å². The summed E-state index contributed by atoms with van der Waals surface area (Å²) < 4.78 is 27.2. The summed E-state index contributed by atoms with van der Waals surface area (Å²) in [5, 5.41) is 0. The number of benzene rings is 1. The van der Waals surface area contributed by atoms with E-state index < -0.39 is 10.0 Å². The number of anilines is 1. The van der Waals surface area contributed by atoms with Crippen LogP contribution in [0.25, 0.3) is 0 Å². The van der Waals surface area contributed by atoms with Gasteiger partial charge in [0.1, 0.15) is 4.90 Å². The van der Waals surface area contributed by atoms with Crippen molar-refractivity contribution in [3.8, 4) is 0 Å². The number of rotatable bonds is 6. The molecule has 1 unspecified atom stereocenters. The summed E-state index contributed by atoms with van der Waals surface area (Å²) in [6, 6.07) is 3.67. The van der Waals surface area contributed by atoms with Crippen molar-refractivity contribution in [1.82, 2.24) is 4.31 Å². The van der Waals surface area contributed by atoms with Crippen molar-refractivity contribution in [3.63, 3.8) is 0 Å². The molecular weight excluding hydrogens is 272 g/mol. The Morgan fingerprint density at radius 1 is 1.20 bits per heavy atom. The minimum absolute atomic E-state index is 0.266. The molecule has 0 spiro atoms. The number of hydrogen-bond acceptors (Lipinski definition) is 3. The normalized spacial score (nSPS) is 13.7. The van der Waals surface area contributed by atoms with E-state index in [-0.39, 0.29) is 4.90 Å². The van der Waals surface area contributed by atoms with Gasteiger partial charge in [0.05, 0.1) is 5.69 Å². The Morgan fingerprint density at radius 2 is 1.75 bits per heavy atom. The fraction of sp³-hybridized carbons (Fsp3) is 0.600. The van der Waals surface area contributed by atoms with Gasteiger partial charge in [0.25, 0.3) is 0 Å². The number of hydrogen-bond donors (Lipinski definition) is 1. The van der Waals surface area contributed by atoms with Gasteiger partial charge in [-0.05, 0) is 30.9 Å². The van der Waals surface area contributed by atoms with Crippen molar-refractivity contribution in [2.24, 2.45) is 5.92 Å². The van der Waals surface area contributed by atoms with Crippen LogP contribution < -0.4 is 5.73 Å². The Balaban J connectivity index is 3.31. The Kier molecular flexibility index (Phi) is 5.59. The van der Waals surface area contributed by atoms with E-state index in [4.69, 9.17) is 5.73 Å². The molecule has 0 bridgehead atoms. The molecule has 0 aliphatic heterocycles. The molecular formula is C15H26N2O2S. The second-order valence-electron chi connectivity index (χ2n) is 5.41. The zero-order valence-electron chi connectivity index (χ0n) is 13.1. The van der Waals surface area contributed by atoms with Crippen LogP contribution in [0.3, 0.4) is 0 Å². The van der Waals surface area contributed by atoms with E-state index in [0.717, 1.165) is 12.0 Å². The van der Waals surface area contributed by atoms with Crippen molar-refractivity contribution in [3.05, 3.63) is 23.3 Å². The van der Waals surface area contributed by atoms with Crippen LogP contribution >= 0.6 is 0 Å². The topological polar surface area (TPSA) is 63.4 Å². The fourth-order valence-corrected chi connectivity index (χ4v) is 4.12. The van der Waals surface area contributed by atoms with Crippen LogP contribution in [0.2, 0.25) is 0 Å². The van der Waals surface area contributed by atoms with Gasteiger partial charge in [-0.15, -0.1) is 0 Å². The Bertz CT molecular complexity index is 567. The molecule has 0 radical (unpaired) electrons. The van der Waals surface area contributed by atoms with Gasteiger partial charge in [0.15, 0.2) is 0 Å². The summed E-state index contributed by atoms with van der Waals surface area (Å²) in [5.74, 6) is 0.330. The molecule has 0 amide bonds. The maximum absolute atomic E-state index is 12.9. The molecule has 0 aromatic heterocycles. The van der Waals surface area contributed by atoms with Crippen molar-refractivity contribution in [1.29, 1.82) is 0 Å². The van der Waals surface area contributed by atoms with E-state index in [0.29, 0.717) is 30.3 Å². The molecule has 114 valence electrons. The first-order chi connectivity index (χ1) is 9.25. The summed E-state index contributed by atoms with van der Waals surface area (Å²) >= 11 is 0. The molecule has 1 aromatic carbocycles. The smallest absolute Gasteiger partial charge is 0.245 e. The molecule has 2 N–H and O–H groups in total. The van der Waals surface area contributed by atoms with E-state index in [9.17, 15) is 8.42 Å². The molecule has 0 fully saturated rings. The fourth-order valence-electron chi connectivity index (χ4n) is 2.15. The van der Waals surface area contributed by atoms with Crippen LogP contribution in [0.4, 0.5) is 5.69 Å². The van der Waals surface area contributed by atoms with Crippen LogP contribution in [0, 0.1) is 19.8 Å². The highest BCUT2D eigenvalue weighted by Gasteiger charge is 2.28. The van der Waals surface area contributed by atoms with Gasteiger partial charge in [-0.1, -0.05) is 39.3 Å². The van der Waals surface area contributed by atoms with Gasteiger partial charge < -0.3 is 5.73 Å². The van der Waals surface area contributed by atoms with E-state index in [1.165, 1.54) is 4.31 Å². The third-order valence-corrected chi connectivity index (χ3v) is 5.92. The van der Waals surface area contributed by atoms with Crippen LogP contribution in [0.1, 0.15) is 38.3 Å². The third kappa shape index (κ3) is 3.33. The lowest BCUT2D eigenvalue weighted by Crippen LogP contribution is -2.35. The summed E-state index contributed by atoms with van der Waals surface area (Å²) in [6.45, 7) is 10.6. The zero-order valence-corrected chi connectivity index (χ0v) is 13.9. The molecule has 1 aromatic rings. The van der Waals surface area contributed by atoms with Crippen LogP contribution in [0.5, 0.6) is 0 Å². The standard InChI is InChI=1S/C15H26N2O2S/c1-6-11(3)10-17(7-2)20(18,19)15-13(5)9-8-12(4)14(15)16/h8-9,11H,6-7,10,16H2,1-5H3. The van der Waals surface area contributed by atoms with Crippen molar-refractivity contribution >= 4 is 15.7 Å². The van der Waals surface area contributed by atoms with E-state index in [1.807, 2.05) is 26.0 Å². The van der Waals surface area contributed by atoms with Crippen LogP contribution in [0.15, 0.2) is 17.0 Å². The minimum Gasteiger partial charge on any atom is -0.397 e. The van der Waals surface area contributed by atoms with E-state index in [1.54, 1.807) is 6.92 Å². The molecule has 0 aliphatic rings. The number of nitrogens with two attached hydrogens (primary N) is 1. The van der Waals surface area contributed by atoms with Crippen molar-refractivity contribution in [2.75, 3.05) is 18.8 Å².